The number of carbonyl (C=O) groups is 4. The number of anilines is 1. The van der Waals surface area contributed by atoms with Gasteiger partial charge < -0.3 is 9.84 Å². The third kappa shape index (κ3) is 3.40. The Balaban J connectivity index is 1.95. The molecule has 1 saturated heterocycles. The molecule has 0 unspecified atom stereocenters. The van der Waals surface area contributed by atoms with Crippen LogP contribution < -0.4 is 4.90 Å². The smallest absolute Gasteiger partial charge is 0.341 e. The van der Waals surface area contributed by atoms with Crippen LogP contribution in [0.15, 0.2) is 23.4 Å². The van der Waals surface area contributed by atoms with E-state index in [1.807, 2.05) is 0 Å². The summed E-state index contributed by atoms with van der Waals surface area (Å²) in [5.74, 6) is -2.75. The van der Waals surface area contributed by atoms with Crippen molar-refractivity contribution in [1.82, 2.24) is 4.98 Å². The Morgan fingerprint density at radius 1 is 1.36 bits per heavy atom. The molecule has 1 N–H and O–H groups in total. The number of carboxylic acid groups (broad SMARTS) is 1. The second-order valence-electron chi connectivity index (χ2n) is 5.99. The third-order valence-electron chi connectivity index (χ3n) is 4.32. The summed E-state index contributed by atoms with van der Waals surface area (Å²) in [6.07, 6.45) is 1.31. The number of rotatable bonds is 5. The van der Waals surface area contributed by atoms with Gasteiger partial charge in [-0.25, -0.2) is 19.5 Å². The molecule has 0 saturated carbocycles. The van der Waals surface area contributed by atoms with Crippen molar-refractivity contribution in [3.63, 3.8) is 0 Å². The average molecular weight is 420 g/mol. The lowest BCUT2D eigenvalue weighted by atomic mass is 10.1. The van der Waals surface area contributed by atoms with Crippen LogP contribution in [-0.2, 0) is 14.3 Å². The Kier molecular flexibility index (Phi) is 5.52. The molecule has 3 rings (SSSR count). The number of nitrogens with zero attached hydrogens (tertiary/aromatic N) is 2. The SMILES string of the molecule is COC(=O)c1c(N2C(=O)C[C@H](Sc3ncccc3C(=O)O)C2=O)sc(C)c1C. The maximum absolute atomic E-state index is 12.9. The lowest BCUT2D eigenvalue weighted by Gasteiger charge is -2.15. The molecule has 0 aliphatic carbocycles. The first-order chi connectivity index (χ1) is 13.3. The molecule has 8 nitrogen and oxygen atoms in total. The van der Waals surface area contributed by atoms with Gasteiger partial charge >= 0.3 is 11.9 Å². The number of aromatic nitrogens is 1. The molecule has 2 aromatic heterocycles. The van der Waals surface area contributed by atoms with E-state index in [4.69, 9.17) is 4.74 Å². The van der Waals surface area contributed by atoms with E-state index in [2.05, 4.69) is 4.98 Å². The molecule has 28 heavy (non-hydrogen) atoms. The predicted octanol–water partition coefficient (Wildman–Crippen LogP) is 2.67. The molecular weight excluding hydrogens is 404 g/mol. The maximum atomic E-state index is 12.9. The van der Waals surface area contributed by atoms with Gasteiger partial charge in [0.1, 0.15) is 10.0 Å². The van der Waals surface area contributed by atoms with Crippen molar-refractivity contribution in [2.75, 3.05) is 12.0 Å². The second-order valence-corrected chi connectivity index (χ2v) is 8.39. The number of aryl methyl sites for hydroxylation is 1. The van der Waals surface area contributed by atoms with Gasteiger partial charge in [0, 0.05) is 17.5 Å². The van der Waals surface area contributed by atoms with Crippen LogP contribution in [0.3, 0.4) is 0 Å². The number of carbonyl (C=O) groups excluding carboxylic acids is 3. The minimum absolute atomic E-state index is 0.0377. The number of methoxy groups -OCH3 is 1. The van der Waals surface area contributed by atoms with Gasteiger partial charge in [-0.1, -0.05) is 11.8 Å². The number of hydrogen-bond acceptors (Lipinski definition) is 8. The minimum Gasteiger partial charge on any atom is -0.478 e. The van der Waals surface area contributed by atoms with Crippen LogP contribution >= 0.6 is 23.1 Å². The summed E-state index contributed by atoms with van der Waals surface area (Å²) < 4.78 is 4.80. The summed E-state index contributed by atoms with van der Waals surface area (Å²) in [4.78, 5) is 54.9. The number of hydrogen-bond donors (Lipinski definition) is 1. The second kappa shape index (κ2) is 7.72. The topological polar surface area (TPSA) is 114 Å². The number of pyridine rings is 1. The largest absolute Gasteiger partial charge is 0.478 e. The molecule has 1 aliphatic heterocycles. The van der Waals surface area contributed by atoms with Gasteiger partial charge in [-0.3, -0.25) is 9.59 Å². The first kappa shape index (κ1) is 20.0. The van der Waals surface area contributed by atoms with Crippen LogP contribution in [0.25, 0.3) is 0 Å². The summed E-state index contributed by atoms with van der Waals surface area (Å²) >= 11 is 2.10. The van der Waals surface area contributed by atoms with Crippen LogP contribution in [-0.4, -0.2) is 46.2 Å². The normalized spacial score (nSPS) is 16.5. The first-order valence-corrected chi connectivity index (χ1v) is 9.86. The molecule has 10 heteroatoms. The lowest BCUT2D eigenvalue weighted by Crippen LogP contribution is -2.31. The van der Waals surface area contributed by atoms with E-state index in [1.54, 1.807) is 13.8 Å². The monoisotopic (exact) mass is 420 g/mol. The molecule has 146 valence electrons. The van der Waals surface area contributed by atoms with Gasteiger partial charge in [-0.15, -0.1) is 11.3 Å². The van der Waals surface area contributed by atoms with Gasteiger partial charge in [0.05, 0.1) is 23.5 Å². The van der Waals surface area contributed by atoms with Crippen molar-refractivity contribution >= 4 is 51.9 Å². The van der Waals surface area contributed by atoms with Crippen molar-refractivity contribution in [2.24, 2.45) is 0 Å². The molecule has 2 amide bonds. The van der Waals surface area contributed by atoms with Gasteiger partial charge in [0.25, 0.3) is 0 Å². The molecule has 0 aromatic carbocycles. The standard InChI is InChI=1S/C18H16N2O6S2/c1-8-9(2)27-16(13(8)18(25)26-3)20-12(21)7-11(15(20)22)28-14-10(17(23)24)5-4-6-19-14/h4-6,11H,7H2,1-3H3,(H,23,24)/t11-/m0/s1. The number of aromatic carboxylic acids is 1. The number of imide groups is 1. The van der Waals surface area contributed by atoms with Crippen molar-refractivity contribution in [3.05, 3.63) is 39.9 Å². The number of thiophene rings is 1. The zero-order valence-corrected chi connectivity index (χ0v) is 16.8. The van der Waals surface area contributed by atoms with Crippen molar-refractivity contribution in [3.8, 4) is 0 Å². The fourth-order valence-corrected chi connectivity index (χ4v) is 5.07. The van der Waals surface area contributed by atoms with Crippen LogP contribution in [0.1, 0.15) is 37.6 Å². The number of thioether (sulfide) groups is 1. The summed E-state index contributed by atoms with van der Waals surface area (Å²) in [7, 11) is 1.24. The Morgan fingerprint density at radius 2 is 2.07 bits per heavy atom. The summed E-state index contributed by atoms with van der Waals surface area (Å²) in [5.41, 5.74) is 0.812. The summed E-state index contributed by atoms with van der Waals surface area (Å²) in [5, 5.41) is 8.85. The molecule has 1 atom stereocenters. The zero-order valence-electron chi connectivity index (χ0n) is 15.2. The fraction of sp³-hybridized carbons (Fsp3) is 0.278. The molecule has 1 fully saturated rings. The number of ether oxygens (including phenoxy) is 1. The van der Waals surface area contributed by atoms with E-state index < -0.39 is 29.0 Å². The maximum Gasteiger partial charge on any atom is 0.341 e. The molecule has 3 heterocycles. The molecule has 0 radical (unpaired) electrons. The average Bonchev–Trinajstić information content (AvgIpc) is 3.10. The predicted molar refractivity (Wildman–Crippen MR) is 103 cm³/mol. The summed E-state index contributed by atoms with van der Waals surface area (Å²) in [6, 6.07) is 2.87. The van der Waals surface area contributed by atoms with Crippen LogP contribution in [0.2, 0.25) is 0 Å². The number of amides is 2. The van der Waals surface area contributed by atoms with Gasteiger partial charge in [-0.2, -0.15) is 0 Å². The van der Waals surface area contributed by atoms with Crippen molar-refractivity contribution in [1.29, 1.82) is 0 Å². The van der Waals surface area contributed by atoms with Gasteiger partial charge in [0.2, 0.25) is 11.8 Å². The summed E-state index contributed by atoms with van der Waals surface area (Å²) in [6.45, 7) is 3.52. The van der Waals surface area contributed by atoms with Crippen molar-refractivity contribution < 1.29 is 29.0 Å². The Bertz CT molecular complexity index is 1000. The minimum atomic E-state index is -1.17. The highest BCUT2D eigenvalue weighted by molar-refractivity contribution is 8.00. The molecule has 1 aliphatic rings. The highest BCUT2D eigenvalue weighted by Crippen LogP contribution is 2.41. The van der Waals surface area contributed by atoms with Gasteiger partial charge in [-0.05, 0) is 31.5 Å². The number of esters is 1. The molecule has 2 aromatic rings. The van der Waals surface area contributed by atoms with E-state index in [0.29, 0.717) is 5.56 Å². The van der Waals surface area contributed by atoms with E-state index in [9.17, 15) is 24.3 Å². The quantitative estimate of drug-likeness (QED) is 0.580. The van der Waals surface area contributed by atoms with Crippen LogP contribution in [0.5, 0.6) is 0 Å². The Hall–Kier alpha value is -2.72. The third-order valence-corrected chi connectivity index (χ3v) is 6.71. The van der Waals surface area contributed by atoms with E-state index in [-0.39, 0.29) is 27.6 Å². The zero-order chi connectivity index (χ0) is 20.6. The lowest BCUT2D eigenvalue weighted by molar-refractivity contribution is -0.121. The Labute approximate surface area is 168 Å². The highest BCUT2D eigenvalue weighted by Gasteiger charge is 2.43. The van der Waals surface area contributed by atoms with E-state index in [0.717, 1.165) is 21.5 Å². The van der Waals surface area contributed by atoms with Gasteiger partial charge in [0.15, 0.2) is 0 Å². The molecule has 0 spiro atoms. The fourth-order valence-electron chi connectivity index (χ4n) is 2.80. The molecular formula is C18H16N2O6S2. The Morgan fingerprint density at radius 3 is 2.71 bits per heavy atom. The first-order valence-electron chi connectivity index (χ1n) is 8.16. The highest BCUT2D eigenvalue weighted by atomic mass is 32.2. The van der Waals surface area contributed by atoms with E-state index in [1.165, 1.54) is 36.8 Å². The van der Waals surface area contributed by atoms with Crippen LogP contribution in [0, 0.1) is 13.8 Å². The van der Waals surface area contributed by atoms with Crippen LogP contribution in [0.4, 0.5) is 5.00 Å². The number of carboxylic acids is 1. The molecule has 0 bridgehead atoms. The van der Waals surface area contributed by atoms with E-state index >= 15 is 0 Å². The van der Waals surface area contributed by atoms with Crippen molar-refractivity contribution in [2.45, 2.75) is 30.5 Å².